The van der Waals surface area contributed by atoms with Crippen molar-refractivity contribution in [3.63, 3.8) is 0 Å². The van der Waals surface area contributed by atoms with Gasteiger partial charge in [-0.05, 0) is 32.9 Å². The number of sulfonamides is 1. The lowest BCUT2D eigenvalue weighted by Crippen LogP contribution is -2.45. The Morgan fingerprint density at radius 1 is 1.41 bits per heavy atom. The third-order valence-electron chi connectivity index (χ3n) is 2.92. The predicted octanol–water partition coefficient (Wildman–Crippen LogP) is 1.14. The molecule has 0 radical (unpaired) electrons. The zero-order valence-corrected chi connectivity index (χ0v) is 12.4. The molecule has 4 nitrogen and oxygen atoms in total. The van der Waals surface area contributed by atoms with Crippen LogP contribution in [0.3, 0.4) is 0 Å². The van der Waals surface area contributed by atoms with Crippen molar-refractivity contribution in [3.8, 4) is 0 Å². The molecule has 0 bridgehead atoms. The van der Waals surface area contributed by atoms with Crippen LogP contribution in [0.4, 0.5) is 0 Å². The van der Waals surface area contributed by atoms with E-state index in [4.69, 9.17) is 0 Å². The molecule has 0 saturated carbocycles. The maximum absolute atomic E-state index is 12.1. The second-order valence-corrected chi connectivity index (χ2v) is 7.60. The van der Waals surface area contributed by atoms with Crippen molar-refractivity contribution in [3.05, 3.63) is 0 Å². The molecule has 1 aliphatic heterocycles. The number of hydrogen-bond donors (Lipinski definition) is 1. The van der Waals surface area contributed by atoms with Crippen molar-refractivity contribution in [2.24, 2.45) is 0 Å². The van der Waals surface area contributed by atoms with Gasteiger partial charge in [-0.3, -0.25) is 0 Å². The lowest BCUT2D eigenvalue weighted by Gasteiger charge is -2.31. The van der Waals surface area contributed by atoms with E-state index in [1.165, 1.54) is 0 Å². The Labute approximate surface area is 110 Å². The molecule has 0 aliphatic carbocycles. The maximum atomic E-state index is 12.1. The highest BCUT2D eigenvalue weighted by Gasteiger charge is 2.28. The summed E-state index contributed by atoms with van der Waals surface area (Å²) in [6.07, 6.45) is 1.69. The van der Waals surface area contributed by atoms with Gasteiger partial charge in [-0.2, -0.15) is 16.1 Å². The van der Waals surface area contributed by atoms with Crippen molar-refractivity contribution < 1.29 is 8.42 Å². The van der Waals surface area contributed by atoms with Gasteiger partial charge in [0.25, 0.3) is 0 Å². The standard InChI is InChI=1S/C11H24N2O2S2/c1-3-12-6-4-5-9-17(14,15)13-7-8-16-10-11(13)2/h11-12H,3-10H2,1-2H3. The van der Waals surface area contributed by atoms with Crippen LogP contribution in [0, 0.1) is 0 Å². The van der Waals surface area contributed by atoms with Crippen molar-refractivity contribution in [2.45, 2.75) is 32.7 Å². The summed E-state index contributed by atoms with van der Waals surface area (Å²) < 4.78 is 25.9. The van der Waals surface area contributed by atoms with E-state index in [0.29, 0.717) is 12.3 Å². The van der Waals surface area contributed by atoms with Gasteiger partial charge < -0.3 is 5.32 Å². The fourth-order valence-electron chi connectivity index (χ4n) is 1.95. The van der Waals surface area contributed by atoms with Crippen molar-refractivity contribution in [2.75, 3.05) is 36.9 Å². The summed E-state index contributed by atoms with van der Waals surface area (Å²) in [6, 6.07) is 0.160. The first-order valence-electron chi connectivity index (χ1n) is 6.36. The minimum Gasteiger partial charge on any atom is -0.317 e. The minimum absolute atomic E-state index is 0.160. The monoisotopic (exact) mass is 280 g/mol. The molecule has 1 heterocycles. The zero-order valence-electron chi connectivity index (χ0n) is 10.8. The summed E-state index contributed by atoms with van der Waals surface area (Å²) in [7, 11) is -3.03. The van der Waals surface area contributed by atoms with E-state index >= 15 is 0 Å². The second kappa shape index (κ2) is 7.61. The van der Waals surface area contributed by atoms with Gasteiger partial charge in [-0.15, -0.1) is 0 Å². The number of unbranched alkanes of at least 4 members (excludes halogenated alkanes) is 1. The molecule has 0 aromatic heterocycles. The van der Waals surface area contributed by atoms with Crippen LogP contribution >= 0.6 is 11.8 Å². The van der Waals surface area contributed by atoms with Crippen LogP contribution in [0.1, 0.15) is 26.7 Å². The van der Waals surface area contributed by atoms with Gasteiger partial charge in [0.1, 0.15) is 0 Å². The third kappa shape index (κ3) is 5.16. The maximum Gasteiger partial charge on any atom is 0.214 e. The molecule has 102 valence electrons. The molecule has 1 saturated heterocycles. The van der Waals surface area contributed by atoms with Crippen LogP contribution < -0.4 is 5.32 Å². The molecule has 1 N–H and O–H groups in total. The molecule has 1 atom stereocenters. The summed E-state index contributed by atoms with van der Waals surface area (Å²) in [5.74, 6) is 2.16. The van der Waals surface area contributed by atoms with Crippen molar-refractivity contribution in [1.29, 1.82) is 0 Å². The summed E-state index contributed by atoms with van der Waals surface area (Å²) in [6.45, 7) is 6.61. The van der Waals surface area contributed by atoms with E-state index in [9.17, 15) is 8.42 Å². The Hall–Kier alpha value is 0.220. The van der Waals surface area contributed by atoms with Crippen LogP contribution in [0.25, 0.3) is 0 Å². The van der Waals surface area contributed by atoms with E-state index in [2.05, 4.69) is 12.2 Å². The smallest absolute Gasteiger partial charge is 0.214 e. The largest absolute Gasteiger partial charge is 0.317 e. The highest BCUT2D eigenvalue weighted by molar-refractivity contribution is 7.99. The minimum atomic E-state index is -3.03. The lowest BCUT2D eigenvalue weighted by molar-refractivity contribution is 0.367. The average Bonchev–Trinajstić information content (AvgIpc) is 2.29. The average molecular weight is 280 g/mol. The highest BCUT2D eigenvalue weighted by atomic mass is 32.2. The number of thioether (sulfide) groups is 1. The number of nitrogens with zero attached hydrogens (tertiary/aromatic N) is 1. The van der Waals surface area contributed by atoms with Gasteiger partial charge >= 0.3 is 0 Å². The summed E-state index contributed by atoms with van der Waals surface area (Å²) >= 11 is 1.84. The molecular formula is C11H24N2O2S2. The van der Waals surface area contributed by atoms with Crippen molar-refractivity contribution in [1.82, 2.24) is 9.62 Å². The Balaban J connectivity index is 2.34. The molecule has 1 aliphatic rings. The van der Waals surface area contributed by atoms with Gasteiger partial charge in [0.05, 0.1) is 5.75 Å². The molecular weight excluding hydrogens is 256 g/mol. The van der Waals surface area contributed by atoms with Gasteiger partial charge in [0.15, 0.2) is 0 Å². The Morgan fingerprint density at radius 2 is 2.18 bits per heavy atom. The van der Waals surface area contributed by atoms with Crippen LogP contribution in [-0.2, 0) is 10.0 Å². The lowest BCUT2D eigenvalue weighted by atomic mass is 10.3. The van der Waals surface area contributed by atoms with Gasteiger partial charge in [-0.1, -0.05) is 6.92 Å². The first-order chi connectivity index (χ1) is 8.08. The summed E-state index contributed by atoms with van der Waals surface area (Å²) in [4.78, 5) is 0. The molecule has 1 unspecified atom stereocenters. The molecule has 1 fully saturated rings. The highest BCUT2D eigenvalue weighted by Crippen LogP contribution is 2.20. The SMILES string of the molecule is CCNCCCCS(=O)(=O)N1CCSCC1C. The summed E-state index contributed by atoms with van der Waals surface area (Å²) in [5.41, 5.74) is 0. The Kier molecular flexibility index (Phi) is 6.84. The van der Waals surface area contributed by atoms with E-state index in [0.717, 1.165) is 37.4 Å². The zero-order chi connectivity index (χ0) is 12.7. The van der Waals surface area contributed by atoms with Crippen LogP contribution in [-0.4, -0.2) is 55.7 Å². The Morgan fingerprint density at radius 3 is 2.82 bits per heavy atom. The molecule has 0 aromatic rings. The molecule has 0 aromatic carbocycles. The molecule has 0 amide bonds. The second-order valence-electron chi connectivity index (χ2n) is 4.41. The van der Waals surface area contributed by atoms with E-state index < -0.39 is 10.0 Å². The van der Waals surface area contributed by atoms with E-state index in [1.54, 1.807) is 4.31 Å². The molecule has 17 heavy (non-hydrogen) atoms. The fraction of sp³-hybridized carbons (Fsp3) is 1.00. The first kappa shape index (κ1) is 15.3. The Bertz CT molecular complexity index is 307. The quantitative estimate of drug-likeness (QED) is 0.711. The first-order valence-corrected chi connectivity index (χ1v) is 9.12. The van der Waals surface area contributed by atoms with Gasteiger partial charge in [-0.25, -0.2) is 8.42 Å². The summed E-state index contributed by atoms with van der Waals surface area (Å²) in [5, 5.41) is 3.21. The third-order valence-corrected chi connectivity index (χ3v) is 6.17. The number of hydrogen-bond acceptors (Lipinski definition) is 4. The van der Waals surface area contributed by atoms with Gasteiger partial charge in [0, 0.05) is 24.1 Å². The fourth-order valence-corrected chi connectivity index (χ4v) is 4.97. The molecule has 6 heteroatoms. The normalized spacial score (nSPS) is 22.8. The molecule has 1 rings (SSSR count). The van der Waals surface area contributed by atoms with Crippen LogP contribution in [0.5, 0.6) is 0 Å². The number of nitrogens with one attached hydrogen (secondary N) is 1. The van der Waals surface area contributed by atoms with Gasteiger partial charge in [0.2, 0.25) is 10.0 Å². The van der Waals surface area contributed by atoms with Crippen molar-refractivity contribution >= 4 is 21.8 Å². The van der Waals surface area contributed by atoms with E-state index in [1.807, 2.05) is 18.7 Å². The van der Waals surface area contributed by atoms with Crippen LogP contribution in [0.15, 0.2) is 0 Å². The van der Waals surface area contributed by atoms with E-state index in [-0.39, 0.29) is 6.04 Å². The number of rotatable bonds is 7. The topological polar surface area (TPSA) is 49.4 Å². The van der Waals surface area contributed by atoms with Crippen LogP contribution in [0.2, 0.25) is 0 Å². The predicted molar refractivity (Wildman–Crippen MR) is 75.1 cm³/mol. The molecule has 0 spiro atoms.